The van der Waals surface area contributed by atoms with Gasteiger partial charge in [-0.05, 0) is 11.8 Å². The zero-order chi connectivity index (χ0) is 9.40. The molecule has 0 saturated heterocycles. The predicted molar refractivity (Wildman–Crippen MR) is 57.1 cm³/mol. The quantitative estimate of drug-likeness (QED) is 0.528. The average Bonchev–Trinajstić information content (AvgIpc) is 2.13. The Kier molecular flexibility index (Phi) is 7.64. The second kappa shape index (κ2) is 7.64. The Morgan fingerprint density at radius 1 is 0.833 bits per heavy atom. The molecule has 0 aliphatic heterocycles. The molecule has 12 heavy (non-hydrogen) atoms. The summed E-state index contributed by atoms with van der Waals surface area (Å²) in [7, 11) is 0. The van der Waals surface area contributed by atoms with E-state index in [-0.39, 0.29) is 0 Å². The molecule has 1 radical (unpaired) electrons. The summed E-state index contributed by atoms with van der Waals surface area (Å²) in [5.41, 5.74) is 0. The molecule has 0 amide bonds. The maximum absolute atomic E-state index is 3.99. The van der Waals surface area contributed by atoms with E-state index in [1.54, 1.807) is 0 Å². The monoisotopic (exact) mass is 169 g/mol. The van der Waals surface area contributed by atoms with Gasteiger partial charge < -0.3 is 0 Å². The van der Waals surface area contributed by atoms with Gasteiger partial charge in [0.15, 0.2) is 0 Å². The molecule has 0 saturated carbocycles. The molecule has 1 unspecified atom stereocenters. The first kappa shape index (κ1) is 12.0. The zero-order valence-corrected chi connectivity index (χ0v) is 9.10. The number of hydrogen-bond donors (Lipinski definition) is 0. The van der Waals surface area contributed by atoms with Crippen LogP contribution in [0.4, 0.5) is 0 Å². The van der Waals surface area contributed by atoms with Crippen LogP contribution in [-0.4, -0.2) is 0 Å². The molecular formula is C12H25. The fraction of sp³-hybridized carbons (Fsp3) is 0.917. The van der Waals surface area contributed by atoms with Crippen molar-refractivity contribution in [3.63, 3.8) is 0 Å². The van der Waals surface area contributed by atoms with Crippen LogP contribution in [0.5, 0.6) is 0 Å². The van der Waals surface area contributed by atoms with Crippen molar-refractivity contribution in [3.05, 3.63) is 6.92 Å². The van der Waals surface area contributed by atoms with Crippen molar-refractivity contribution in [2.24, 2.45) is 11.8 Å². The Balaban J connectivity index is 3.49. The lowest BCUT2D eigenvalue weighted by atomic mass is 9.90. The fourth-order valence-corrected chi connectivity index (χ4v) is 1.72. The lowest BCUT2D eigenvalue weighted by Gasteiger charge is -2.16. The van der Waals surface area contributed by atoms with Crippen molar-refractivity contribution in [2.45, 2.75) is 59.3 Å². The van der Waals surface area contributed by atoms with Crippen LogP contribution < -0.4 is 0 Å². The first-order valence-corrected chi connectivity index (χ1v) is 5.57. The summed E-state index contributed by atoms with van der Waals surface area (Å²) in [6, 6.07) is 0. The molecule has 0 rings (SSSR count). The standard InChI is InChI=1S/C12H25/c1-5-11(6-2)9-10-12(7-3)8-4/h11-12H,1,5-10H2,2-4H3. The van der Waals surface area contributed by atoms with E-state index in [1.165, 1.54) is 32.1 Å². The first-order valence-electron chi connectivity index (χ1n) is 5.57. The molecule has 0 fully saturated rings. The molecule has 73 valence electrons. The molecule has 0 spiro atoms. The molecule has 0 aromatic carbocycles. The highest BCUT2D eigenvalue weighted by atomic mass is 14.1. The van der Waals surface area contributed by atoms with Crippen molar-refractivity contribution in [3.8, 4) is 0 Å². The van der Waals surface area contributed by atoms with Crippen LogP contribution in [-0.2, 0) is 0 Å². The van der Waals surface area contributed by atoms with Gasteiger partial charge >= 0.3 is 0 Å². The van der Waals surface area contributed by atoms with E-state index < -0.39 is 0 Å². The topological polar surface area (TPSA) is 0 Å². The van der Waals surface area contributed by atoms with Gasteiger partial charge in [-0.1, -0.05) is 66.2 Å². The molecular weight excluding hydrogens is 144 g/mol. The summed E-state index contributed by atoms with van der Waals surface area (Å²) in [5, 5.41) is 0. The minimum atomic E-state index is 0.880. The lowest BCUT2D eigenvalue weighted by Crippen LogP contribution is -2.03. The highest BCUT2D eigenvalue weighted by molar-refractivity contribution is 4.62. The van der Waals surface area contributed by atoms with Crippen LogP contribution in [0.15, 0.2) is 0 Å². The van der Waals surface area contributed by atoms with E-state index in [1.807, 2.05) is 0 Å². The van der Waals surface area contributed by atoms with Crippen molar-refractivity contribution in [2.75, 3.05) is 0 Å². The van der Waals surface area contributed by atoms with Gasteiger partial charge in [0.1, 0.15) is 0 Å². The third kappa shape index (κ3) is 4.79. The molecule has 0 aliphatic rings. The van der Waals surface area contributed by atoms with Crippen LogP contribution in [0, 0.1) is 18.8 Å². The lowest BCUT2D eigenvalue weighted by molar-refractivity contribution is 0.370. The highest BCUT2D eigenvalue weighted by Crippen LogP contribution is 2.21. The predicted octanol–water partition coefficient (Wildman–Crippen LogP) is 4.45. The molecule has 0 N–H and O–H groups in total. The maximum atomic E-state index is 3.99. The third-order valence-corrected chi connectivity index (χ3v) is 3.12. The first-order chi connectivity index (χ1) is 5.78. The zero-order valence-electron chi connectivity index (χ0n) is 9.10. The van der Waals surface area contributed by atoms with Gasteiger partial charge in [-0.25, -0.2) is 0 Å². The average molecular weight is 169 g/mol. The molecule has 0 bridgehead atoms. The van der Waals surface area contributed by atoms with Crippen LogP contribution >= 0.6 is 0 Å². The van der Waals surface area contributed by atoms with Crippen molar-refractivity contribution < 1.29 is 0 Å². The third-order valence-electron chi connectivity index (χ3n) is 3.12. The molecule has 0 aromatic heterocycles. The van der Waals surface area contributed by atoms with Crippen molar-refractivity contribution >= 4 is 0 Å². The summed E-state index contributed by atoms with van der Waals surface area (Å²) in [6.07, 6.45) is 7.95. The van der Waals surface area contributed by atoms with Gasteiger partial charge in [0.25, 0.3) is 0 Å². The Bertz CT molecular complexity index is 66.0. The van der Waals surface area contributed by atoms with Crippen LogP contribution in [0.25, 0.3) is 0 Å². The van der Waals surface area contributed by atoms with Gasteiger partial charge in [0, 0.05) is 0 Å². The molecule has 1 atom stereocenters. The Labute approximate surface area is 78.8 Å². The van der Waals surface area contributed by atoms with Gasteiger partial charge in [0.05, 0.1) is 0 Å². The van der Waals surface area contributed by atoms with Crippen LogP contribution in [0.1, 0.15) is 59.3 Å². The number of hydrogen-bond acceptors (Lipinski definition) is 0. The van der Waals surface area contributed by atoms with Crippen molar-refractivity contribution in [1.82, 2.24) is 0 Å². The van der Waals surface area contributed by atoms with Crippen LogP contribution in [0.3, 0.4) is 0 Å². The maximum Gasteiger partial charge on any atom is -0.0417 e. The summed E-state index contributed by atoms with van der Waals surface area (Å²) < 4.78 is 0. The van der Waals surface area contributed by atoms with E-state index in [9.17, 15) is 0 Å². The molecule has 0 aliphatic carbocycles. The Hall–Kier alpha value is 0. The molecule has 0 heterocycles. The van der Waals surface area contributed by atoms with E-state index >= 15 is 0 Å². The molecule has 0 aromatic rings. The fourth-order valence-electron chi connectivity index (χ4n) is 1.72. The van der Waals surface area contributed by atoms with Crippen molar-refractivity contribution in [1.29, 1.82) is 0 Å². The Morgan fingerprint density at radius 2 is 1.25 bits per heavy atom. The highest BCUT2D eigenvalue weighted by Gasteiger charge is 2.07. The van der Waals surface area contributed by atoms with E-state index in [0.29, 0.717) is 0 Å². The summed E-state index contributed by atoms with van der Waals surface area (Å²) >= 11 is 0. The number of rotatable bonds is 7. The van der Waals surface area contributed by atoms with Gasteiger partial charge in [0.2, 0.25) is 0 Å². The van der Waals surface area contributed by atoms with Gasteiger partial charge in [-0.2, -0.15) is 0 Å². The second-order valence-corrected chi connectivity index (χ2v) is 3.82. The van der Waals surface area contributed by atoms with E-state index in [0.717, 1.165) is 18.3 Å². The van der Waals surface area contributed by atoms with Gasteiger partial charge in [-0.15, -0.1) is 0 Å². The minimum absolute atomic E-state index is 0.880. The summed E-state index contributed by atoms with van der Waals surface area (Å²) in [6.45, 7) is 10.9. The largest absolute Gasteiger partial charge is 0.0651 e. The second-order valence-electron chi connectivity index (χ2n) is 3.82. The SMILES string of the molecule is [CH2]CC(CC)CCC(CC)CC. The normalized spacial score (nSPS) is 11.5. The Morgan fingerprint density at radius 3 is 1.58 bits per heavy atom. The summed E-state index contributed by atoms with van der Waals surface area (Å²) in [5.74, 6) is 1.84. The summed E-state index contributed by atoms with van der Waals surface area (Å²) in [4.78, 5) is 0. The molecule has 0 heteroatoms. The minimum Gasteiger partial charge on any atom is -0.0651 e. The van der Waals surface area contributed by atoms with Crippen LogP contribution in [0.2, 0.25) is 0 Å². The van der Waals surface area contributed by atoms with Gasteiger partial charge in [-0.3, -0.25) is 0 Å². The molecule has 0 nitrogen and oxygen atoms in total. The smallest absolute Gasteiger partial charge is 0.0417 e. The van der Waals surface area contributed by atoms with E-state index in [2.05, 4.69) is 27.7 Å². The van der Waals surface area contributed by atoms with E-state index in [4.69, 9.17) is 0 Å².